The van der Waals surface area contributed by atoms with Crippen molar-refractivity contribution in [3.05, 3.63) is 51.0 Å². The van der Waals surface area contributed by atoms with Crippen LogP contribution < -0.4 is 11.1 Å². The first-order valence-electron chi connectivity index (χ1n) is 5.05. The van der Waals surface area contributed by atoms with Crippen molar-refractivity contribution in [3.63, 3.8) is 0 Å². The molecule has 3 N–H and O–H groups in total. The summed E-state index contributed by atoms with van der Waals surface area (Å²) in [4.78, 5) is 4.58. The molecule has 0 saturated heterocycles. The lowest BCUT2D eigenvalue weighted by molar-refractivity contribution is 1.29. The molecule has 0 spiro atoms. The molecule has 0 amide bonds. The van der Waals surface area contributed by atoms with Gasteiger partial charge in [-0.05, 0) is 56.1 Å². The zero-order valence-corrected chi connectivity index (χ0v) is 13.1. The van der Waals surface area contributed by atoms with E-state index in [9.17, 15) is 0 Å². The van der Waals surface area contributed by atoms with Crippen molar-refractivity contribution < 1.29 is 0 Å². The molecule has 0 aliphatic rings. The molecule has 0 aliphatic carbocycles. The largest absolute Gasteiger partial charge is 0.389 e. The van der Waals surface area contributed by atoms with Crippen molar-refractivity contribution in [2.45, 2.75) is 0 Å². The van der Waals surface area contributed by atoms with Gasteiger partial charge in [-0.25, -0.2) is 4.98 Å². The minimum atomic E-state index is 0.353. The van der Waals surface area contributed by atoms with E-state index >= 15 is 0 Å². The summed E-state index contributed by atoms with van der Waals surface area (Å²) < 4.78 is 1.89. The predicted octanol–water partition coefficient (Wildman–Crippen LogP) is 3.98. The molecule has 3 nitrogen and oxygen atoms in total. The summed E-state index contributed by atoms with van der Waals surface area (Å²) in [6.07, 6.45) is 1.67. The molecule has 0 saturated carbocycles. The smallest absolute Gasteiger partial charge is 0.131 e. The highest BCUT2D eigenvalue weighted by Gasteiger charge is 2.06. The number of nitrogens with two attached hydrogens (primary N) is 1. The van der Waals surface area contributed by atoms with Crippen LogP contribution in [-0.4, -0.2) is 9.97 Å². The maximum Gasteiger partial charge on any atom is 0.131 e. The van der Waals surface area contributed by atoms with Crippen molar-refractivity contribution >= 4 is 60.6 Å². The summed E-state index contributed by atoms with van der Waals surface area (Å²) in [6, 6.07) is 9.43. The SMILES string of the molecule is NC(=S)c1ccnc(Nc2c(Br)cccc2Br)c1. The first kappa shape index (κ1) is 13.5. The third kappa shape index (κ3) is 3.07. The maximum absolute atomic E-state index is 5.59. The van der Waals surface area contributed by atoms with Crippen molar-refractivity contribution in [2.75, 3.05) is 5.32 Å². The number of thiocarbonyl (C=S) groups is 1. The van der Waals surface area contributed by atoms with Gasteiger partial charge in [-0.1, -0.05) is 18.3 Å². The number of para-hydroxylation sites is 1. The van der Waals surface area contributed by atoms with Crippen LogP contribution in [0.25, 0.3) is 0 Å². The lowest BCUT2D eigenvalue weighted by Gasteiger charge is -2.10. The standard InChI is InChI=1S/C12H9Br2N3S/c13-8-2-1-3-9(14)11(8)17-10-6-7(12(15)18)4-5-16-10/h1-6H,(H2,15,18)(H,16,17). The first-order chi connectivity index (χ1) is 8.58. The molecule has 0 atom stereocenters. The minimum absolute atomic E-state index is 0.353. The molecule has 1 aromatic heterocycles. The van der Waals surface area contributed by atoms with E-state index in [0.717, 1.165) is 20.2 Å². The van der Waals surface area contributed by atoms with Gasteiger partial charge in [0.25, 0.3) is 0 Å². The highest BCUT2D eigenvalue weighted by atomic mass is 79.9. The Balaban J connectivity index is 2.34. The van der Waals surface area contributed by atoms with Crippen LogP contribution in [0.3, 0.4) is 0 Å². The Hall–Kier alpha value is -0.980. The summed E-state index contributed by atoms with van der Waals surface area (Å²) >= 11 is 11.9. The van der Waals surface area contributed by atoms with Crippen LogP contribution in [0.2, 0.25) is 0 Å². The van der Waals surface area contributed by atoms with Crippen LogP contribution in [0.5, 0.6) is 0 Å². The van der Waals surface area contributed by atoms with Gasteiger partial charge in [-0.3, -0.25) is 0 Å². The summed E-state index contributed by atoms with van der Waals surface area (Å²) in [5, 5.41) is 3.22. The molecule has 2 aromatic rings. The second-order valence-electron chi connectivity index (χ2n) is 3.52. The maximum atomic E-state index is 5.59. The molecular weight excluding hydrogens is 378 g/mol. The molecule has 6 heteroatoms. The molecule has 0 unspecified atom stereocenters. The number of benzene rings is 1. The molecule has 0 radical (unpaired) electrons. The third-order valence-corrected chi connectivity index (χ3v) is 3.82. The number of nitrogens with zero attached hydrogens (tertiary/aromatic N) is 1. The monoisotopic (exact) mass is 385 g/mol. The fourth-order valence-corrected chi connectivity index (χ4v) is 2.72. The number of halogens is 2. The van der Waals surface area contributed by atoms with E-state index in [-0.39, 0.29) is 0 Å². The van der Waals surface area contributed by atoms with E-state index in [1.807, 2.05) is 24.3 Å². The van der Waals surface area contributed by atoms with Crippen molar-refractivity contribution in [1.29, 1.82) is 0 Å². The van der Waals surface area contributed by atoms with Crippen molar-refractivity contribution in [3.8, 4) is 0 Å². The fourth-order valence-electron chi connectivity index (χ4n) is 1.40. The third-order valence-electron chi connectivity index (χ3n) is 2.26. The van der Waals surface area contributed by atoms with Crippen LogP contribution >= 0.6 is 44.1 Å². The van der Waals surface area contributed by atoms with Crippen LogP contribution in [0.4, 0.5) is 11.5 Å². The molecular formula is C12H9Br2N3S. The number of aromatic nitrogens is 1. The van der Waals surface area contributed by atoms with Crippen molar-refractivity contribution in [1.82, 2.24) is 4.98 Å². The average Bonchev–Trinajstić information content (AvgIpc) is 2.34. The average molecular weight is 387 g/mol. The minimum Gasteiger partial charge on any atom is -0.389 e. The summed E-state index contributed by atoms with van der Waals surface area (Å²) in [7, 11) is 0. The molecule has 0 aliphatic heterocycles. The van der Waals surface area contributed by atoms with E-state index in [1.54, 1.807) is 12.3 Å². The zero-order chi connectivity index (χ0) is 13.1. The Kier molecular flexibility index (Phi) is 4.31. The Morgan fingerprint density at radius 2 is 1.89 bits per heavy atom. The molecule has 92 valence electrons. The number of hydrogen-bond acceptors (Lipinski definition) is 3. The quantitative estimate of drug-likeness (QED) is 0.783. The number of rotatable bonds is 3. The number of anilines is 2. The van der Waals surface area contributed by atoms with E-state index in [2.05, 4.69) is 42.2 Å². The number of pyridine rings is 1. The van der Waals surface area contributed by atoms with Gasteiger partial charge >= 0.3 is 0 Å². The number of nitrogens with one attached hydrogen (secondary N) is 1. The molecule has 18 heavy (non-hydrogen) atoms. The molecule has 2 rings (SSSR count). The number of hydrogen-bond donors (Lipinski definition) is 2. The van der Waals surface area contributed by atoms with E-state index in [4.69, 9.17) is 18.0 Å². The van der Waals surface area contributed by atoms with Gasteiger partial charge in [-0.15, -0.1) is 0 Å². The van der Waals surface area contributed by atoms with E-state index in [0.29, 0.717) is 10.8 Å². The summed E-state index contributed by atoms with van der Waals surface area (Å²) in [5.74, 6) is 0.688. The molecule has 0 fully saturated rings. The fraction of sp³-hybridized carbons (Fsp3) is 0. The van der Waals surface area contributed by atoms with Crippen LogP contribution in [0.1, 0.15) is 5.56 Å². The molecule has 1 heterocycles. The predicted molar refractivity (Wildman–Crippen MR) is 85.2 cm³/mol. The molecule has 1 aromatic carbocycles. The Labute approximate surface area is 127 Å². The van der Waals surface area contributed by atoms with Gasteiger partial charge in [0.05, 0.1) is 5.69 Å². The highest BCUT2D eigenvalue weighted by Crippen LogP contribution is 2.32. The van der Waals surface area contributed by atoms with Gasteiger partial charge in [0.2, 0.25) is 0 Å². The normalized spacial score (nSPS) is 10.1. The van der Waals surface area contributed by atoms with E-state index in [1.165, 1.54) is 0 Å². The van der Waals surface area contributed by atoms with Crippen LogP contribution in [0, 0.1) is 0 Å². The first-order valence-corrected chi connectivity index (χ1v) is 7.04. The van der Waals surface area contributed by atoms with Crippen LogP contribution in [0.15, 0.2) is 45.5 Å². The summed E-state index contributed by atoms with van der Waals surface area (Å²) in [5.41, 5.74) is 7.28. The van der Waals surface area contributed by atoms with Gasteiger partial charge in [0.1, 0.15) is 10.8 Å². The second kappa shape index (κ2) is 5.77. The molecule has 0 bridgehead atoms. The topological polar surface area (TPSA) is 50.9 Å². The van der Waals surface area contributed by atoms with Gasteiger partial charge in [0.15, 0.2) is 0 Å². The second-order valence-corrected chi connectivity index (χ2v) is 5.66. The lowest BCUT2D eigenvalue weighted by atomic mass is 10.2. The lowest BCUT2D eigenvalue weighted by Crippen LogP contribution is -2.10. The Bertz CT molecular complexity index is 581. The highest BCUT2D eigenvalue weighted by molar-refractivity contribution is 9.11. The van der Waals surface area contributed by atoms with Crippen LogP contribution in [-0.2, 0) is 0 Å². The summed E-state index contributed by atoms with van der Waals surface area (Å²) in [6.45, 7) is 0. The van der Waals surface area contributed by atoms with E-state index < -0.39 is 0 Å². The Morgan fingerprint density at radius 3 is 2.50 bits per heavy atom. The Morgan fingerprint density at radius 1 is 1.22 bits per heavy atom. The van der Waals surface area contributed by atoms with Gasteiger partial charge < -0.3 is 11.1 Å². The zero-order valence-electron chi connectivity index (χ0n) is 9.15. The van der Waals surface area contributed by atoms with Gasteiger partial charge in [-0.2, -0.15) is 0 Å². The van der Waals surface area contributed by atoms with Gasteiger partial charge in [0, 0.05) is 20.7 Å². The van der Waals surface area contributed by atoms with Crippen molar-refractivity contribution in [2.24, 2.45) is 5.73 Å².